The molecule has 0 saturated heterocycles. The van der Waals surface area contributed by atoms with Gasteiger partial charge in [-0.1, -0.05) is 19.1 Å². The number of benzene rings is 1. The highest BCUT2D eigenvalue weighted by molar-refractivity contribution is 5.84. The molecule has 23 heavy (non-hydrogen) atoms. The Morgan fingerprint density at radius 3 is 2.65 bits per heavy atom. The summed E-state index contributed by atoms with van der Waals surface area (Å²) in [6, 6.07) is 8.13. The zero-order valence-corrected chi connectivity index (χ0v) is 14.0. The lowest BCUT2D eigenvalue weighted by Gasteiger charge is -2.25. The van der Waals surface area contributed by atoms with E-state index in [1.165, 1.54) is 7.11 Å². The maximum Gasteiger partial charge on any atom is 0.307 e. The maximum absolute atomic E-state index is 12.2. The smallest absolute Gasteiger partial charge is 0.307 e. The first-order valence-corrected chi connectivity index (χ1v) is 7.90. The lowest BCUT2D eigenvalue weighted by molar-refractivity contribution is -0.140. The molecule has 1 aromatic rings. The molecular weight excluding hydrogens is 294 g/mol. The highest BCUT2D eigenvalue weighted by Gasteiger charge is 2.23. The van der Waals surface area contributed by atoms with Crippen molar-refractivity contribution in [2.75, 3.05) is 50.1 Å². The standard InChI is InChI=1S/C17H25N3O3/c1-13-10-19(2)14-6-4-5-7-15(14)20(11-13)12-16(21)18-9-8-17(22)23-3/h4-7,13H,8-12H2,1-3H3,(H,18,21)/t13-/m0/s1. The summed E-state index contributed by atoms with van der Waals surface area (Å²) < 4.78 is 4.56. The van der Waals surface area contributed by atoms with Crippen molar-refractivity contribution in [2.45, 2.75) is 13.3 Å². The van der Waals surface area contributed by atoms with E-state index in [4.69, 9.17) is 0 Å². The van der Waals surface area contributed by atoms with E-state index in [-0.39, 0.29) is 24.8 Å². The van der Waals surface area contributed by atoms with Crippen LogP contribution in [0, 0.1) is 5.92 Å². The normalized spacial score (nSPS) is 17.3. The molecule has 1 atom stereocenters. The predicted octanol–water partition coefficient (Wildman–Crippen LogP) is 1.26. The van der Waals surface area contributed by atoms with E-state index in [1.54, 1.807) is 0 Å². The summed E-state index contributed by atoms with van der Waals surface area (Å²) in [5.41, 5.74) is 2.21. The molecule has 0 radical (unpaired) electrons. The van der Waals surface area contributed by atoms with Gasteiger partial charge in [-0.05, 0) is 18.1 Å². The minimum absolute atomic E-state index is 0.0829. The molecule has 0 aromatic heterocycles. The van der Waals surface area contributed by atoms with E-state index in [0.717, 1.165) is 24.5 Å². The molecule has 6 heteroatoms. The molecule has 0 unspecified atom stereocenters. The lowest BCUT2D eigenvalue weighted by Crippen LogP contribution is -2.40. The Bertz CT molecular complexity index is 562. The van der Waals surface area contributed by atoms with Crippen molar-refractivity contribution in [3.8, 4) is 0 Å². The molecule has 1 aliphatic rings. The minimum Gasteiger partial charge on any atom is -0.469 e. The van der Waals surface area contributed by atoms with Gasteiger partial charge in [-0.15, -0.1) is 0 Å². The second-order valence-corrected chi connectivity index (χ2v) is 6.03. The third-order valence-electron chi connectivity index (χ3n) is 3.96. The zero-order chi connectivity index (χ0) is 16.8. The second-order valence-electron chi connectivity index (χ2n) is 6.03. The maximum atomic E-state index is 12.2. The van der Waals surface area contributed by atoms with Crippen molar-refractivity contribution in [3.63, 3.8) is 0 Å². The Hall–Kier alpha value is -2.24. The summed E-state index contributed by atoms with van der Waals surface area (Å²) >= 11 is 0. The molecule has 1 aromatic carbocycles. The topological polar surface area (TPSA) is 61.9 Å². The van der Waals surface area contributed by atoms with Crippen LogP contribution in [0.2, 0.25) is 0 Å². The monoisotopic (exact) mass is 319 g/mol. The van der Waals surface area contributed by atoms with Crippen LogP contribution in [0.4, 0.5) is 11.4 Å². The molecule has 1 amide bonds. The molecule has 0 fully saturated rings. The van der Waals surface area contributed by atoms with Crippen molar-refractivity contribution in [2.24, 2.45) is 5.92 Å². The number of methoxy groups -OCH3 is 1. The highest BCUT2D eigenvalue weighted by Crippen LogP contribution is 2.32. The number of rotatable bonds is 5. The summed E-state index contributed by atoms with van der Waals surface area (Å²) in [6.45, 7) is 4.56. The van der Waals surface area contributed by atoms with Crippen LogP contribution < -0.4 is 15.1 Å². The van der Waals surface area contributed by atoms with Crippen LogP contribution in [0.3, 0.4) is 0 Å². The van der Waals surface area contributed by atoms with E-state index in [1.807, 2.05) is 18.2 Å². The second kappa shape index (κ2) is 7.85. The van der Waals surface area contributed by atoms with E-state index < -0.39 is 0 Å². The number of nitrogens with zero attached hydrogens (tertiary/aromatic N) is 2. The number of fused-ring (bicyclic) bond motifs is 1. The van der Waals surface area contributed by atoms with Crippen LogP contribution in [0.25, 0.3) is 0 Å². The number of anilines is 2. The first-order chi connectivity index (χ1) is 11.0. The van der Waals surface area contributed by atoms with Gasteiger partial charge in [0.25, 0.3) is 0 Å². The van der Waals surface area contributed by atoms with Crippen molar-refractivity contribution in [3.05, 3.63) is 24.3 Å². The molecule has 0 spiro atoms. The summed E-state index contributed by atoms with van der Waals surface area (Å²) in [5, 5.41) is 2.78. The fourth-order valence-corrected chi connectivity index (χ4v) is 2.94. The van der Waals surface area contributed by atoms with Crippen molar-refractivity contribution in [1.82, 2.24) is 5.32 Å². The van der Waals surface area contributed by atoms with E-state index in [9.17, 15) is 9.59 Å². The van der Waals surface area contributed by atoms with E-state index in [0.29, 0.717) is 12.5 Å². The van der Waals surface area contributed by atoms with Gasteiger partial charge < -0.3 is 19.9 Å². The van der Waals surface area contributed by atoms with E-state index in [2.05, 4.69) is 39.9 Å². The summed E-state index contributed by atoms with van der Waals surface area (Å²) in [4.78, 5) is 27.6. The average molecular weight is 319 g/mol. The van der Waals surface area contributed by atoms with Gasteiger partial charge in [0.1, 0.15) is 0 Å². The molecule has 1 heterocycles. The molecular formula is C17H25N3O3. The van der Waals surface area contributed by atoms with Crippen molar-refractivity contribution >= 4 is 23.3 Å². The van der Waals surface area contributed by atoms with Gasteiger partial charge in [0.2, 0.25) is 5.91 Å². The van der Waals surface area contributed by atoms with Crippen LogP contribution in [0.1, 0.15) is 13.3 Å². The largest absolute Gasteiger partial charge is 0.469 e. The quantitative estimate of drug-likeness (QED) is 0.828. The van der Waals surface area contributed by atoms with Crippen LogP contribution in [0.5, 0.6) is 0 Å². The number of amides is 1. The van der Waals surface area contributed by atoms with E-state index >= 15 is 0 Å². The Kier molecular flexibility index (Phi) is 5.84. The SMILES string of the molecule is COC(=O)CCNC(=O)CN1C[C@@H](C)CN(C)c2ccccc21. The van der Waals surface area contributed by atoms with Gasteiger partial charge >= 0.3 is 5.97 Å². The molecule has 0 saturated carbocycles. The first-order valence-electron chi connectivity index (χ1n) is 7.90. The number of carbonyl (C=O) groups excluding carboxylic acids is 2. The molecule has 0 bridgehead atoms. The third kappa shape index (κ3) is 4.61. The van der Waals surface area contributed by atoms with Crippen molar-refractivity contribution < 1.29 is 14.3 Å². The summed E-state index contributed by atoms with van der Waals surface area (Å²) in [5.74, 6) is 0.0522. The number of esters is 1. The van der Waals surface area contributed by atoms with Crippen LogP contribution >= 0.6 is 0 Å². The molecule has 2 rings (SSSR count). The number of carbonyl (C=O) groups is 2. The first kappa shape index (κ1) is 17.1. The number of para-hydroxylation sites is 2. The third-order valence-corrected chi connectivity index (χ3v) is 3.96. The van der Waals surface area contributed by atoms with Crippen molar-refractivity contribution in [1.29, 1.82) is 0 Å². The minimum atomic E-state index is -0.319. The van der Waals surface area contributed by atoms with Crippen LogP contribution in [-0.4, -0.2) is 52.2 Å². The van der Waals surface area contributed by atoms with Gasteiger partial charge in [0.05, 0.1) is 31.5 Å². The molecule has 1 N–H and O–H groups in total. The van der Waals surface area contributed by atoms with Gasteiger partial charge in [0, 0.05) is 26.7 Å². The summed E-state index contributed by atoms with van der Waals surface area (Å²) in [7, 11) is 3.42. The van der Waals surface area contributed by atoms with Gasteiger partial charge in [-0.25, -0.2) is 0 Å². The van der Waals surface area contributed by atoms with Gasteiger partial charge in [-0.3, -0.25) is 9.59 Å². The fraction of sp³-hybridized carbons (Fsp3) is 0.529. The fourth-order valence-electron chi connectivity index (χ4n) is 2.94. The molecule has 126 valence electrons. The average Bonchev–Trinajstić information content (AvgIpc) is 2.64. The summed E-state index contributed by atoms with van der Waals surface area (Å²) in [6.07, 6.45) is 0.192. The number of hydrogen-bond acceptors (Lipinski definition) is 5. The molecule has 6 nitrogen and oxygen atoms in total. The number of hydrogen-bond donors (Lipinski definition) is 1. The van der Waals surface area contributed by atoms with Gasteiger partial charge in [-0.2, -0.15) is 0 Å². The number of ether oxygens (including phenoxy) is 1. The highest BCUT2D eigenvalue weighted by atomic mass is 16.5. The molecule has 1 aliphatic heterocycles. The number of nitrogens with one attached hydrogen (secondary N) is 1. The van der Waals surface area contributed by atoms with Crippen LogP contribution in [-0.2, 0) is 14.3 Å². The molecule has 0 aliphatic carbocycles. The Balaban J connectivity index is 2.01. The Morgan fingerprint density at radius 2 is 1.96 bits per heavy atom. The Morgan fingerprint density at radius 1 is 1.26 bits per heavy atom. The lowest BCUT2D eigenvalue weighted by atomic mass is 10.1. The zero-order valence-electron chi connectivity index (χ0n) is 14.0. The Labute approximate surface area is 137 Å². The predicted molar refractivity (Wildman–Crippen MR) is 90.7 cm³/mol. The van der Waals surface area contributed by atoms with Crippen LogP contribution in [0.15, 0.2) is 24.3 Å². The van der Waals surface area contributed by atoms with Gasteiger partial charge in [0.15, 0.2) is 0 Å².